The van der Waals surface area contributed by atoms with Gasteiger partial charge in [-0.2, -0.15) is 0 Å². The van der Waals surface area contributed by atoms with E-state index in [2.05, 4.69) is 15.0 Å². The molecule has 0 fully saturated rings. The van der Waals surface area contributed by atoms with Crippen molar-refractivity contribution in [1.82, 2.24) is 10.3 Å². The Morgan fingerprint density at radius 1 is 1.71 bits per heavy atom. The normalized spacial score (nSPS) is 10.1. The molecule has 0 radical (unpaired) electrons. The molecule has 0 saturated heterocycles. The first-order chi connectivity index (χ1) is 6.83. The summed E-state index contributed by atoms with van der Waals surface area (Å²) in [4.78, 5) is 14.9. The summed E-state index contributed by atoms with van der Waals surface area (Å²) < 4.78 is 4.53. The van der Waals surface area contributed by atoms with Crippen molar-refractivity contribution in [3.63, 3.8) is 0 Å². The average molecular weight is 214 g/mol. The van der Waals surface area contributed by atoms with E-state index in [0.717, 1.165) is 24.5 Å². The lowest BCUT2D eigenvalue weighted by molar-refractivity contribution is -0.140. The van der Waals surface area contributed by atoms with Crippen LogP contribution in [0.25, 0.3) is 0 Å². The molecule has 78 valence electrons. The Kier molecular flexibility index (Phi) is 5.17. The summed E-state index contributed by atoms with van der Waals surface area (Å²) in [5, 5.41) is 6.23. The van der Waals surface area contributed by atoms with Gasteiger partial charge in [0.15, 0.2) is 0 Å². The minimum atomic E-state index is -0.152. The van der Waals surface area contributed by atoms with Crippen molar-refractivity contribution in [3.8, 4) is 0 Å². The number of rotatable bonds is 6. The Bertz CT molecular complexity index is 262. The van der Waals surface area contributed by atoms with Crippen molar-refractivity contribution in [2.75, 3.05) is 13.7 Å². The van der Waals surface area contributed by atoms with E-state index in [1.807, 2.05) is 5.38 Å². The second-order valence-electron chi connectivity index (χ2n) is 2.78. The van der Waals surface area contributed by atoms with Crippen molar-refractivity contribution in [1.29, 1.82) is 0 Å². The van der Waals surface area contributed by atoms with Crippen LogP contribution in [0, 0.1) is 0 Å². The van der Waals surface area contributed by atoms with Gasteiger partial charge in [-0.1, -0.05) is 0 Å². The van der Waals surface area contributed by atoms with E-state index in [-0.39, 0.29) is 5.97 Å². The molecule has 0 aliphatic heterocycles. The Morgan fingerprint density at radius 3 is 3.21 bits per heavy atom. The molecule has 14 heavy (non-hydrogen) atoms. The molecule has 0 bridgehead atoms. The summed E-state index contributed by atoms with van der Waals surface area (Å²) in [6, 6.07) is 0. The van der Waals surface area contributed by atoms with Gasteiger partial charge in [-0.25, -0.2) is 4.98 Å². The van der Waals surface area contributed by atoms with Crippen molar-refractivity contribution in [2.45, 2.75) is 19.4 Å². The summed E-state index contributed by atoms with van der Waals surface area (Å²) in [5.41, 5.74) is 0. The maximum absolute atomic E-state index is 10.7. The fraction of sp³-hybridized carbons (Fsp3) is 0.556. The van der Waals surface area contributed by atoms with Gasteiger partial charge in [-0.3, -0.25) is 4.79 Å². The van der Waals surface area contributed by atoms with Crippen molar-refractivity contribution in [2.24, 2.45) is 0 Å². The van der Waals surface area contributed by atoms with E-state index < -0.39 is 0 Å². The van der Waals surface area contributed by atoms with Gasteiger partial charge in [0.2, 0.25) is 0 Å². The number of nitrogens with one attached hydrogen (secondary N) is 1. The summed E-state index contributed by atoms with van der Waals surface area (Å²) in [6.07, 6.45) is 3.07. The Labute approximate surface area is 87.3 Å². The number of thiazole rings is 1. The highest BCUT2D eigenvalue weighted by molar-refractivity contribution is 7.09. The van der Waals surface area contributed by atoms with Crippen LogP contribution in [-0.2, 0) is 16.1 Å². The highest BCUT2D eigenvalue weighted by Crippen LogP contribution is 2.02. The number of carbonyl (C=O) groups excluding carboxylic acids is 1. The number of aromatic nitrogens is 1. The SMILES string of the molecule is COC(=O)CCCNCc1nccs1. The van der Waals surface area contributed by atoms with Crippen molar-refractivity contribution in [3.05, 3.63) is 16.6 Å². The Hall–Kier alpha value is -0.940. The summed E-state index contributed by atoms with van der Waals surface area (Å²) >= 11 is 1.63. The lowest BCUT2D eigenvalue weighted by Crippen LogP contribution is -2.15. The number of carbonyl (C=O) groups is 1. The number of hydrogen-bond donors (Lipinski definition) is 1. The van der Waals surface area contributed by atoms with Gasteiger partial charge in [0.1, 0.15) is 5.01 Å². The van der Waals surface area contributed by atoms with Gasteiger partial charge < -0.3 is 10.1 Å². The largest absolute Gasteiger partial charge is 0.469 e. The number of nitrogens with zero attached hydrogens (tertiary/aromatic N) is 1. The first kappa shape index (κ1) is 11.1. The number of ether oxygens (including phenoxy) is 1. The highest BCUT2D eigenvalue weighted by atomic mass is 32.1. The molecule has 0 atom stereocenters. The van der Waals surface area contributed by atoms with Crippen LogP contribution in [0.4, 0.5) is 0 Å². The maximum atomic E-state index is 10.7. The van der Waals surface area contributed by atoms with Crippen LogP contribution in [0.3, 0.4) is 0 Å². The maximum Gasteiger partial charge on any atom is 0.305 e. The molecule has 5 heteroatoms. The molecule has 1 N–H and O–H groups in total. The van der Waals surface area contributed by atoms with E-state index in [4.69, 9.17) is 0 Å². The molecule has 4 nitrogen and oxygen atoms in total. The zero-order chi connectivity index (χ0) is 10.2. The van der Waals surface area contributed by atoms with Crippen molar-refractivity contribution >= 4 is 17.3 Å². The van der Waals surface area contributed by atoms with Gasteiger partial charge in [0.05, 0.1) is 7.11 Å². The Morgan fingerprint density at radius 2 is 2.57 bits per heavy atom. The third kappa shape index (κ3) is 4.34. The van der Waals surface area contributed by atoms with Crippen LogP contribution in [-0.4, -0.2) is 24.6 Å². The molecule has 0 aliphatic carbocycles. The van der Waals surface area contributed by atoms with E-state index in [0.29, 0.717) is 6.42 Å². The minimum absolute atomic E-state index is 0.152. The molecular weight excluding hydrogens is 200 g/mol. The topological polar surface area (TPSA) is 51.2 Å². The predicted octanol–water partition coefficient (Wildman–Crippen LogP) is 1.19. The zero-order valence-electron chi connectivity index (χ0n) is 8.16. The van der Waals surface area contributed by atoms with Gasteiger partial charge in [-0.05, 0) is 13.0 Å². The molecule has 1 aromatic rings. The molecule has 1 aromatic heterocycles. The van der Waals surface area contributed by atoms with E-state index in [9.17, 15) is 4.79 Å². The summed E-state index contributed by atoms with van der Waals surface area (Å²) in [6.45, 7) is 1.59. The van der Waals surface area contributed by atoms with E-state index in [1.54, 1.807) is 17.5 Å². The lowest BCUT2D eigenvalue weighted by atomic mass is 10.3. The Balaban J connectivity index is 1.97. The van der Waals surface area contributed by atoms with Gasteiger partial charge >= 0.3 is 5.97 Å². The molecule has 0 unspecified atom stereocenters. The van der Waals surface area contributed by atoms with Crippen LogP contribution in [0.1, 0.15) is 17.8 Å². The number of hydrogen-bond acceptors (Lipinski definition) is 5. The van der Waals surface area contributed by atoms with Crippen LogP contribution in [0.5, 0.6) is 0 Å². The summed E-state index contributed by atoms with van der Waals surface area (Å²) in [5.74, 6) is -0.152. The standard InChI is InChI=1S/C9H14N2O2S/c1-13-9(12)3-2-4-10-7-8-11-5-6-14-8/h5-6,10H,2-4,7H2,1H3. The first-order valence-corrected chi connectivity index (χ1v) is 5.37. The van der Waals surface area contributed by atoms with Crippen LogP contribution in [0.2, 0.25) is 0 Å². The molecule has 1 rings (SSSR count). The second-order valence-corrected chi connectivity index (χ2v) is 3.76. The van der Waals surface area contributed by atoms with E-state index in [1.165, 1.54) is 7.11 Å². The number of methoxy groups -OCH3 is 1. The molecular formula is C9H14N2O2S. The van der Waals surface area contributed by atoms with Gasteiger partial charge in [0, 0.05) is 24.5 Å². The number of esters is 1. The second kappa shape index (κ2) is 6.50. The van der Waals surface area contributed by atoms with Gasteiger partial charge in [0.25, 0.3) is 0 Å². The molecule has 0 spiro atoms. The predicted molar refractivity (Wildman–Crippen MR) is 55.1 cm³/mol. The lowest BCUT2D eigenvalue weighted by Gasteiger charge is -2.01. The average Bonchev–Trinajstić information content (AvgIpc) is 2.69. The smallest absolute Gasteiger partial charge is 0.305 e. The van der Waals surface area contributed by atoms with Crippen LogP contribution < -0.4 is 5.32 Å². The van der Waals surface area contributed by atoms with Crippen molar-refractivity contribution < 1.29 is 9.53 Å². The highest BCUT2D eigenvalue weighted by Gasteiger charge is 1.99. The third-order valence-electron chi connectivity index (χ3n) is 1.72. The van der Waals surface area contributed by atoms with Crippen LogP contribution in [0.15, 0.2) is 11.6 Å². The molecule has 0 aromatic carbocycles. The quantitative estimate of drug-likeness (QED) is 0.571. The van der Waals surface area contributed by atoms with Gasteiger partial charge in [-0.15, -0.1) is 11.3 Å². The first-order valence-electron chi connectivity index (χ1n) is 4.49. The molecule has 0 amide bonds. The third-order valence-corrected chi connectivity index (χ3v) is 2.50. The fourth-order valence-corrected chi connectivity index (χ4v) is 1.58. The molecule has 1 heterocycles. The fourth-order valence-electron chi connectivity index (χ4n) is 0.995. The zero-order valence-corrected chi connectivity index (χ0v) is 8.97. The van der Waals surface area contributed by atoms with E-state index >= 15 is 0 Å². The molecule has 0 saturated carbocycles. The molecule has 0 aliphatic rings. The van der Waals surface area contributed by atoms with Crippen LogP contribution >= 0.6 is 11.3 Å². The monoisotopic (exact) mass is 214 g/mol. The minimum Gasteiger partial charge on any atom is -0.469 e. The summed E-state index contributed by atoms with van der Waals surface area (Å²) in [7, 11) is 1.41.